The second kappa shape index (κ2) is 6.11. The molecular weight excluding hydrogens is 272 g/mol. The third kappa shape index (κ3) is 2.99. The highest BCUT2D eigenvalue weighted by Crippen LogP contribution is 2.38. The van der Waals surface area contributed by atoms with E-state index in [0.717, 1.165) is 19.3 Å². The van der Waals surface area contributed by atoms with E-state index in [2.05, 4.69) is 19.2 Å². The van der Waals surface area contributed by atoms with Gasteiger partial charge in [-0.1, -0.05) is 26.3 Å². The van der Waals surface area contributed by atoms with Crippen LogP contribution >= 0.6 is 0 Å². The van der Waals surface area contributed by atoms with Crippen LogP contribution in [0.2, 0.25) is 0 Å². The molecule has 0 aromatic heterocycles. The topological polar surface area (TPSA) is 92.5 Å². The minimum Gasteiger partial charge on any atom is -0.477 e. The van der Waals surface area contributed by atoms with Gasteiger partial charge in [0.15, 0.2) is 0 Å². The summed E-state index contributed by atoms with van der Waals surface area (Å²) < 4.78 is 0. The summed E-state index contributed by atoms with van der Waals surface area (Å²) in [7, 11) is 0. The minimum absolute atomic E-state index is 0.151. The van der Waals surface area contributed by atoms with Crippen molar-refractivity contribution < 1.29 is 14.8 Å². The van der Waals surface area contributed by atoms with Crippen LogP contribution in [0.15, 0.2) is 18.2 Å². The maximum absolute atomic E-state index is 11.2. The molecule has 6 heteroatoms. The molecule has 1 saturated carbocycles. The Morgan fingerprint density at radius 2 is 2.19 bits per heavy atom. The zero-order valence-corrected chi connectivity index (χ0v) is 12.2. The molecule has 1 aliphatic rings. The van der Waals surface area contributed by atoms with E-state index in [-0.39, 0.29) is 17.3 Å². The van der Waals surface area contributed by atoms with Gasteiger partial charge in [0.1, 0.15) is 11.3 Å². The number of nitro groups is 1. The van der Waals surface area contributed by atoms with Gasteiger partial charge in [-0.2, -0.15) is 0 Å². The van der Waals surface area contributed by atoms with E-state index in [9.17, 15) is 14.9 Å². The summed E-state index contributed by atoms with van der Waals surface area (Å²) in [5.74, 6) is -0.247. The molecule has 2 rings (SSSR count). The highest BCUT2D eigenvalue weighted by atomic mass is 16.6. The summed E-state index contributed by atoms with van der Waals surface area (Å²) in [6, 6.07) is 4.53. The van der Waals surface area contributed by atoms with Crippen molar-refractivity contribution in [2.24, 2.45) is 11.8 Å². The highest BCUT2D eigenvalue weighted by Gasteiger charge is 2.33. The number of carboxylic acid groups (broad SMARTS) is 1. The average Bonchev–Trinajstić information content (AvgIpc) is 2.79. The fourth-order valence-electron chi connectivity index (χ4n) is 3.26. The minimum atomic E-state index is -1.28. The van der Waals surface area contributed by atoms with Gasteiger partial charge in [-0.05, 0) is 36.8 Å². The molecule has 0 aliphatic heterocycles. The summed E-state index contributed by atoms with van der Waals surface area (Å²) in [4.78, 5) is 21.7. The van der Waals surface area contributed by atoms with Gasteiger partial charge in [0.25, 0.3) is 0 Å². The zero-order valence-electron chi connectivity index (χ0n) is 12.2. The van der Waals surface area contributed by atoms with Crippen molar-refractivity contribution in [1.82, 2.24) is 0 Å². The Kier molecular flexibility index (Phi) is 4.45. The molecule has 6 nitrogen and oxygen atoms in total. The van der Waals surface area contributed by atoms with Gasteiger partial charge < -0.3 is 10.4 Å². The number of hydrogen-bond acceptors (Lipinski definition) is 4. The number of rotatable bonds is 5. The predicted molar refractivity (Wildman–Crippen MR) is 79.6 cm³/mol. The normalized spacial score (nSPS) is 24.8. The molecule has 0 amide bonds. The Balaban J connectivity index is 2.30. The largest absolute Gasteiger partial charge is 0.477 e. The number of hydrogen-bond donors (Lipinski definition) is 2. The smallest absolute Gasteiger partial charge is 0.342 e. The lowest BCUT2D eigenvalue weighted by atomic mass is 9.93. The van der Waals surface area contributed by atoms with Crippen molar-refractivity contribution >= 4 is 17.3 Å². The first-order valence-corrected chi connectivity index (χ1v) is 7.23. The van der Waals surface area contributed by atoms with E-state index in [1.807, 2.05) is 0 Å². The van der Waals surface area contributed by atoms with Crippen molar-refractivity contribution in [3.05, 3.63) is 33.9 Å². The number of carbonyl (C=O) groups is 1. The van der Waals surface area contributed by atoms with Crippen molar-refractivity contribution in [3.8, 4) is 0 Å². The maximum Gasteiger partial charge on any atom is 0.342 e. The molecule has 1 fully saturated rings. The summed E-state index contributed by atoms with van der Waals surface area (Å²) in [6.07, 6.45) is 3.15. The Hall–Kier alpha value is -2.11. The first-order valence-electron chi connectivity index (χ1n) is 7.23. The van der Waals surface area contributed by atoms with Crippen LogP contribution in [0.3, 0.4) is 0 Å². The fourth-order valence-corrected chi connectivity index (χ4v) is 3.26. The van der Waals surface area contributed by atoms with E-state index in [0.29, 0.717) is 17.5 Å². The third-order valence-electron chi connectivity index (χ3n) is 4.54. The lowest BCUT2D eigenvalue weighted by molar-refractivity contribution is -0.384. The lowest BCUT2D eigenvalue weighted by Crippen LogP contribution is -2.25. The molecule has 1 aliphatic carbocycles. The molecule has 0 radical (unpaired) electrons. The van der Waals surface area contributed by atoms with E-state index >= 15 is 0 Å². The Morgan fingerprint density at radius 3 is 2.71 bits per heavy atom. The molecule has 1 aromatic rings. The third-order valence-corrected chi connectivity index (χ3v) is 4.54. The van der Waals surface area contributed by atoms with Gasteiger partial charge in [-0.3, -0.25) is 10.1 Å². The quantitative estimate of drug-likeness (QED) is 0.639. The van der Waals surface area contributed by atoms with Crippen LogP contribution in [-0.4, -0.2) is 22.0 Å². The number of nitrogens with zero attached hydrogens (tertiary/aromatic N) is 1. The first kappa shape index (κ1) is 15.3. The Bertz CT molecular complexity index is 559. The molecule has 0 spiro atoms. The van der Waals surface area contributed by atoms with Crippen molar-refractivity contribution in [2.75, 3.05) is 5.32 Å². The van der Waals surface area contributed by atoms with Crippen molar-refractivity contribution in [1.29, 1.82) is 0 Å². The molecule has 3 atom stereocenters. The Labute approximate surface area is 123 Å². The second-order valence-corrected chi connectivity index (χ2v) is 5.62. The summed E-state index contributed by atoms with van der Waals surface area (Å²) >= 11 is 0. The molecule has 21 heavy (non-hydrogen) atoms. The zero-order chi connectivity index (χ0) is 15.6. The monoisotopic (exact) mass is 292 g/mol. The summed E-state index contributed by atoms with van der Waals surface area (Å²) in [5.41, 5.74) is -0.326. The van der Waals surface area contributed by atoms with Gasteiger partial charge in [0, 0.05) is 6.04 Å². The number of para-hydroxylation sites is 1. The SMILES string of the molecule is CCC1CCC(Nc2cccc(C(=O)O)c2[N+](=O)[O-])C1C. The number of aromatic carboxylic acids is 1. The molecule has 1 aromatic carbocycles. The average molecular weight is 292 g/mol. The van der Waals surface area contributed by atoms with Crippen LogP contribution in [0, 0.1) is 22.0 Å². The molecule has 2 N–H and O–H groups in total. The standard InChI is InChI=1S/C15H20N2O4/c1-3-10-7-8-12(9(10)2)16-13-6-4-5-11(15(18)19)14(13)17(20)21/h4-6,9-10,12,16H,3,7-8H2,1-2H3,(H,18,19). The number of nitro benzene ring substituents is 1. The lowest BCUT2D eigenvalue weighted by Gasteiger charge is -2.22. The van der Waals surface area contributed by atoms with Crippen LogP contribution in [0.5, 0.6) is 0 Å². The van der Waals surface area contributed by atoms with E-state index < -0.39 is 10.9 Å². The molecular formula is C15H20N2O4. The van der Waals surface area contributed by atoms with Gasteiger partial charge >= 0.3 is 11.7 Å². The molecule has 0 heterocycles. The molecule has 0 saturated heterocycles. The maximum atomic E-state index is 11.2. The molecule has 0 bridgehead atoms. The van der Waals surface area contributed by atoms with Gasteiger partial charge in [0.2, 0.25) is 0 Å². The Morgan fingerprint density at radius 1 is 1.48 bits per heavy atom. The highest BCUT2D eigenvalue weighted by molar-refractivity contribution is 5.95. The van der Waals surface area contributed by atoms with Crippen LogP contribution in [0.4, 0.5) is 11.4 Å². The first-order chi connectivity index (χ1) is 9.95. The fraction of sp³-hybridized carbons (Fsp3) is 0.533. The number of anilines is 1. The number of carboxylic acids is 1. The molecule has 3 unspecified atom stereocenters. The predicted octanol–water partition coefficient (Wildman–Crippen LogP) is 3.53. The van der Waals surface area contributed by atoms with E-state index in [1.54, 1.807) is 6.07 Å². The van der Waals surface area contributed by atoms with Crippen LogP contribution in [0.25, 0.3) is 0 Å². The summed E-state index contributed by atoms with van der Waals surface area (Å²) in [5, 5.41) is 23.5. The van der Waals surface area contributed by atoms with Gasteiger partial charge in [-0.25, -0.2) is 4.79 Å². The molecule has 114 valence electrons. The van der Waals surface area contributed by atoms with Gasteiger partial charge in [0.05, 0.1) is 4.92 Å². The van der Waals surface area contributed by atoms with Crippen molar-refractivity contribution in [3.63, 3.8) is 0 Å². The van der Waals surface area contributed by atoms with Crippen LogP contribution in [0.1, 0.15) is 43.5 Å². The van der Waals surface area contributed by atoms with Crippen molar-refractivity contribution in [2.45, 2.75) is 39.2 Å². The number of nitrogens with one attached hydrogen (secondary N) is 1. The van der Waals surface area contributed by atoms with E-state index in [1.165, 1.54) is 12.1 Å². The van der Waals surface area contributed by atoms with Crippen LogP contribution in [-0.2, 0) is 0 Å². The van der Waals surface area contributed by atoms with Gasteiger partial charge in [-0.15, -0.1) is 0 Å². The second-order valence-electron chi connectivity index (χ2n) is 5.62. The number of benzene rings is 1. The van der Waals surface area contributed by atoms with E-state index in [4.69, 9.17) is 5.11 Å². The summed E-state index contributed by atoms with van der Waals surface area (Å²) in [6.45, 7) is 4.29. The van der Waals surface area contributed by atoms with Crippen LogP contribution < -0.4 is 5.32 Å².